The van der Waals surface area contributed by atoms with E-state index in [1.165, 1.54) is 11.9 Å². The summed E-state index contributed by atoms with van der Waals surface area (Å²) < 4.78 is 0. The second-order valence-corrected chi connectivity index (χ2v) is 7.26. The molecule has 6 heteroatoms. The van der Waals surface area contributed by atoms with Crippen LogP contribution in [-0.4, -0.2) is 24.9 Å². The molecule has 0 unspecified atom stereocenters. The minimum atomic E-state index is 0.555. The fourth-order valence-electron chi connectivity index (χ4n) is 3.51. The van der Waals surface area contributed by atoms with Crippen LogP contribution in [0.5, 0.6) is 0 Å². The number of benzene rings is 2. The van der Waals surface area contributed by atoms with Gasteiger partial charge in [-0.25, -0.2) is 19.9 Å². The van der Waals surface area contributed by atoms with E-state index in [0.29, 0.717) is 12.4 Å². The predicted octanol–water partition coefficient (Wildman–Crippen LogP) is 5.07. The van der Waals surface area contributed by atoms with Gasteiger partial charge in [-0.05, 0) is 36.2 Å². The third-order valence-electron chi connectivity index (χ3n) is 5.07. The first kappa shape index (κ1) is 18.8. The van der Waals surface area contributed by atoms with Gasteiger partial charge in [-0.15, -0.1) is 0 Å². The number of nitrogens with one attached hydrogen (secondary N) is 1. The molecule has 5 aromatic rings. The number of rotatable bonds is 5. The molecule has 0 aliphatic rings. The first-order chi connectivity index (χ1) is 15.3. The van der Waals surface area contributed by atoms with Crippen LogP contribution in [0.1, 0.15) is 11.3 Å². The molecule has 3 aromatic heterocycles. The first-order valence-electron chi connectivity index (χ1n) is 10.0. The zero-order chi connectivity index (χ0) is 21.0. The summed E-state index contributed by atoms with van der Waals surface area (Å²) >= 11 is 0. The Hall–Kier alpha value is -4.19. The van der Waals surface area contributed by atoms with E-state index in [1.54, 1.807) is 18.6 Å². The molecule has 0 bridgehead atoms. The third-order valence-corrected chi connectivity index (χ3v) is 5.07. The van der Waals surface area contributed by atoms with Gasteiger partial charge in [-0.1, -0.05) is 48.0 Å². The minimum absolute atomic E-state index is 0.555. The second kappa shape index (κ2) is 8.28. The Bertz CT molecular complexity index is 1320. The van der Waals surface area contributed by atoms with Crippen molar-refractivity contribution in [3.05, 3.63) is 96.8 Å². The van der Waals surface area contributed by atoms with Crippen molar-refractivity contribution in [2.75, 3.05) is 5.32 Å². The molecule has 0 amide bonds. The molecule has 0 saturated heterocycles. The Labute approximate surface area is 180 Å². The van der Waals surface area contributed by atoms with Crippen LogP contribution in [0.3, 0.4) is 0 Å². The van der Waals surface area contributed by atoms with Crippen LogP contribution in [0.15, 0.2) is 85.6 Å². The Morgan fingerprint density at radius 3 is 2.42 bits per heavy atom. The molecular weight excluding hydrogens is 384 g/mol. The van der Waals surface area contributed by atoms with Gasteiger partial charge < -0.3 is 5.32 Å². The van der Waals surface area contributed by atoms with Crippen LogP contribution < -0.4 is 5.32 Å². The highest BCUT2D eigenvalue weighted by Crippen LogP contribution is 2.34. The van der Waals surface area contributed by atoms with Crippen LogP contribution in [-0.2, 0) is 6.54 Å². The number of pyridine rings is 1. The van der Waals surface area contributed by atoms with Crippen LogP contribution in [0.4, 0.5) is 5.82 Å². The molecule has 0 saturated carbocycles. The lowest BCUT2D eigenvalue weighted by Gasteiger charge is -2.14. The van der Waals surface area contributed by atoms with Gasteiger partial charge in [0, 0.05) is 18.6 Å². The lowest BCUT2D eigenvalue weighted by atomic mass is 9.99. The van der Waals surface area contributed by atoms with Crippen molar-refractivity contribution in [3.63, 3.8) is 0 Å². The number of aromatic nitrogens is 5. The minimum Gasteiger partial charge on any atom is -0.364 e. The van der Waals surface area contributed by atoms with Crippen molar-refractivity contribution in [1.29, 1.82) is 0 Å². The van der Waals surface area contributed by atoms with E-state index in [9.17, 15) is 0 Å². The largest absolute Gasteiger partial charge is 0.364 e. The summed E-state index contributed by atoms with van der Waals surface area (Å²) in [5, 5.41) is 4.46. The summed E-state index contributed by atoms with van der Waals surface area (Å²) in [4.78, 5) is 22.3. The highest BCUT2D eigenvalue weighted by Gasteiger charge is 2.14. The zero-order valence-corrected chi connectivity index (χ0v) is 17.0. The van der Waals surface area contributed by atoms with Crippen LogP contribution in [0, 0.1) is 6.92 Å². The Morgan fingerprint density at radius 1 is 0.806 bits per heavy atom. The Kier molecular flexibility index (Phi) is 5.02. The molecule has 0 fully saturated rings. The van der Waals surface area contributed by atoms with Crippen LogP contribution in [0.25, 0.3) is 33.4 Å². The van der Waals surface area contributed by atoms with Crippen molar-refractivity contribution >= 4 is 16.7 Å². The Balaban J connectivity index is 1.68. The number of anilines is 1. The van der Waals surface area contributed by atoms with E-state index in [-0.39, 0.29) is 0 Å². The van der Waals surface area contributed by atoms with E-state index in [0.717, 1.165) is 39.1 Å². The molecule has 0 atom stereocenters. The van der Waals surface area contributed by atoms with Gasteiger partial charge in [-0.3, -0.25) is 4.98 Å². The summed E-state index contributed by atoms with van der Waals surface area (Å²) in [6, 6.07) is 20.5. The van der Waals surface area contributed by atoms with E-state index in [1.807, 2.05) is 30.3 Å². The normalized spacial score (nSPS) is 10.9. The maximum absolute atomic E-state index is 4.86. The summed E-state index contributed by atoms with van der Waals surface area (Å²) in [5.41, 5.74) is 5.99. The smallest absolute Gasteiger partial charge is 0.165 e. The maximum Gasteiger partial charge on any atom is 0.165 e. The quantitative estimate of drug-likeness (QED) is 0.441. The molecule has 0 spiro atoms. The number of fused-ring (bicyclic) bond motifs is 1. The van der Waals surface area contributed by atoms with Gasteiger partial charge in [0.1, 0.15) is 12.1 Å². The summed E-state index contributed by atoms with van der Waals surface area (Å²) in [6.45, 7) is 2.64. The lowest BCUT2D eigenvalue weighted by Crippen LogP contribution is -2.06. The van der Waals surface area contributed by atoms with E-state index < -0.39 is 0 Å². The number of hydrogen-bond acceptors (Lipinski definition) is 6. The fourth-order valence-corrected chi connectivity index (χ4v) is 3.51. The van der Waals surface area contributed by atoms with Crippen molar-refractivity contribution in [2.45, 2.75) is 13.5 Å². The molecule has 1 N–H and O–H groups in total. The molecule has 0 aliphatic carbocycles. The molecule has 150 valence electrons. The zero-order valence-electron chi connectivity index (χ0n) is 17.0. The van der Waals surface area contributed by atoms with Gasteiger partial charge >= 0.3 is 0 Å². The van der Waals surface area contributed by atoms with E-state index in [2.05, 4.69) is 57.5 Å². The van der Waals surface area contributed by atoms with Gasteiger partial charge in [-0.2, -0.15) is 0 Å². The highest BCUT2D eigenvalue weighted by molar-refractivity contribution is 6.02. The first-order valence-corrected chi connectivity index (χ1v) is 10.0. The number of hydrogen-bond donors (Lipinski definition) is 1. The summed E-state index contributed by atoms with van der Waals surface area (Å²) in [7, 11) is 0. The SMILES string of the molecule is Cc1ccc(-c2cccc3nc(-c4cncnc4)nc(NCc4ccccn4)c23)cc1. The standard InChI is InChI=1S/C25H20N6/c1-17-8-10-18(11-9-17)21-6-4-7-22-23(21)25(29-15-20-5-2-3-12-28-20)31-24(30-22)19-13-26-16-27-14-19/h2-14,16H,15H2,1H3,(H,29,30,31). The predicted molar refractivity (Wildman–Crippen MR) is 122 cm³/mol. The molecular formula is C25H20N6. The molecule has 2 aromatic carbocycles. The fraction of sp³-hybridized carbons (Fsp3) is 0.0800. The Morgan fingerprint density at radius 2 is 1.65 bits per heavy atom. The average Bonchev–Trinajstić information content (AvgIpc) is 2.84. The van der Waals surface area contributed by atoms with Gasteiger partial charge in [0.05, 0.1) is 28.7 Å². The van der Waals surface area contributed by atoms with Crippen molar-refractivity contribution in [3.8, 4) is 22.5 Å². The van der Waals surface area contributed by atoms with E-state index >= 15 is 0 Å². The van der Waals surface area contributed by atoms with Crippen molar-refractivity contribution in [1.82, 2.24) is 24.9 Å². The maximum atomic E-state index is 4.86. The lowest BCUT2D eigenvalue weighted by molar-refractivity contribution is 1.03. The van der Waals surface area contributed by atoms with Crippen LogP contribution >= 0.6 is 0 Å². The molecule has 31 heavy (non-hydrogen) atoms. The summed E-state index contributed by atoms with van der Waals surface area (Å²) in [5.74, 6) is 1.34. The van der Waals surface area contributed by atoms with Gasteiger partial charge in [0.25, 0.3) is 0 Å². The molecule has 0 aliphatic heterocycles. The molecule has 3 heterocycles. The number of nitrogens with zero attached hydrogens (tertiary/aromatic N) is 5. The van der Waals surface area contributed by atoms with Crippen molar-refractivity contribution < 1.29 is 0 Å². The average molecular weight is 404 g/mol. The second-order valence-electron chi connectivity index (χ2n) is 7.26. The monoisotopic (exact) mass is 404 g/mol. The van der Waals surface area contributed by atoms with Crippen LogP contribution in [0.2, 0.25) is 0 Å². The highest BCUT2D eigenvalue weighted by atomic mass is 15.0. The van der Waals surface area contributed by atoms with Gasteiger partial charge in [0.15, 0.2) is 5.82 Å². The van der Waals surface area contributed by atoms with E-state index in [4.69, 9.17) is 9.97 Å². The topological polar surface area (TPSA) is 76.5 Å². The number of aryl methyl sites for hydroxylation is 1. The molecule has 5 rings (SSSR count). The molecule has 0 radical (unpaired) electrons. The van der Waals surface area contributed by atoms with Crippen molar-refractivity contribution in [2.24, 2.45) is 0 Å². The summed E-state index contributed by atoms with van der Waals surface area (Å²) in [6.07, 6.45) is 6.74. The molecule has 6 nitrogen and oxygen atoms in total. The van der Waals surface area contributed by atoms with Gasteiger partial charge in [0.2, 0.25) is 0 Å². The third kappa shape index (κ3) is 3.96.